The van der Waals surface area contributed by atoms with E-state index in [1.165, 1.54) is 33.5 Å². The van der Waals surface area contributed by atoms with Crippen LogP contribution in [0, 0.1) is 5.92 Å². The van der Waals surface area contributed by atoms with E-state index in [1.54, 1.807) is 19.2 Å². The molecule has 0 bridgehead atoms. The van der Waals surface area contributed by atoms with Gasteiger partial charge in [-0.1, -0.05) is 19.3 Å². The van der Waals surface area contributed by atoms with Crippen LogP contribution in [0.5, 0.6) is 17.2 Å². The molecule has 1 aromatic carbocycles. The molecule has 0 heterocycles. The quantitative estimate of drug-likeness (QED) is 0.769. The molecule has 1 unspecified atom stereocenters. The van der Waals surface area contributed by atoms with Gasteiger partial charge in [0.15, 0.2) is 11.5 Å². The number of carbonyl (C=O) groups excluding carboxylic acids is 1. The first-order chi connectivity index (χ1) is 11.6. The van der Waals surface area contributed by atoms with E-state index >= 15 is 0 Å². The number of rotatable bonds is 7. The lowest BCUT2D eigenvalue weighted by atomic mass is 9.84. The van der Waals surface area contributed by atoms with Gasteiger partial charge in [0.25, 0.3) is 5.91 Å². The Kier molecular flexibility index (Phi) is 8.86. The Morgan fingerprint density at radius 3 is 2.16 bits per heavy atom. The Bertz CT molecular complexity index is 562. The molecular formula is C18H29ClN2O4. The fourth-order valence-corrected chi connectivity index (χ4v) is 3.36. The minimum absolute atomic E-state index is 0. The van der Waals surface area contributed by atoms with Crippen molar-refractivity contribution in [2.75, 3.05) is 27.9 Å². The van der Waals surface area contributed by atoms with Gasteiger partial charge in [-0.3, -0.25) is 4.79 Å². The molecule has 1 saturated carbocycles. The van der Waals surface area contributed by atoms with Crippen LogP contribution in [-0.4, -0.2) is 39.8 Å². The molecule has 0 aliphatic heterocycles. The minimum atomic E-state index is -0.200. The number of carbonyl (C=O) groups is 1. The average molecular weight is 373 g/mol. The molecule has 0 aromatic heterocycles. The van der Waals surface area contributed by atoms with Gasteiger partial charge in [-0.05, 0) is 18.8 Å². The van der Waals surface area contributed by atoms with Crippen LogP contribution in [0.25, 0.3) is 0 Å². The van der Waals surface area contributed by atoms with E-state index in [9.17, 15) is 4.79 Å². The first-order valence-electron chi connectivity index (χ1n) is 8.45. The van der Waals surface area contributed by atoms with Gasteiger partial charge in [0.05, 0.1) is 26.9 Å². The van der Waals surface area contributed by atoms with Crippen LogP contribution in [0.2, 0.25) is 0 Å². The highest BCUT2D eigenvalue weighted by molar-refractivity contribution is 5.98. The molecule has 0 spiro atoms. The number of ether oxygens (including phenoxy) is 3. The zero-order valence-corrected chi connectivity index (χ0v) is 16.0. The fourth-order valence-electron chi connectivity index (χ4n) is 3.36. The summed E-state index contributed by atoms with van der Waals surface area (Å²) < 4.78 is 15.9. The van der Waals surface area contributed by atoms with E-state index in [2.05, 4.69) is 5.32 Å². The highest BCUT2D eigenvalue weighted by Crippen LogP contribution is 2.35. The summed E-state index contributed by atoms with van der Waals surface area (Å²) in [6.07, 6.45) is 5.91. The summed E-state index contributed by atoms with van der Waals surface area (Å²) in [5.74, 6) is 1.70. The third-order valence-electron chi connectivity index (χ3n) is 4.74. The number of benzene rings is 1. The minimum Gasteiger partial charge on any atom is -0.496 e. The first kappa shape index (κ1) is 21.4. The number of hydrogen-bond donors (Lipinski definition) is 2. The van der Waals surface area contributed by atoms with E-state index in [0.717, 1.165) is 12.8 Å². The van der Waals surface area contributed by atoms with Crippen LogP contribution < -0.4 is 25.3 Å². The molecule has 1 aromatic rings. The van der Waals surface area contributed by atoms with Crippen molar-refractivity contribution < 1.29 is 19.0 Å². The van der Waals surface area contributed by atoms with Gasteiger partial charge in [-0.15, -0.1) is 12.4 Å². The maximum absolute atomic E-state index is 12.8. The SMILES string of the molecule is COc1cc(OC)c(C(=O)NC(CN)C2CCCCC2)cc1OC.Cl. The molecule has 2 rings (SSSR count). The van der Waals surface area contributed by atoms with Gasteiger partial charge in [0, 0.05) is 24.7 Å². The monoisotopic (exact) mass is 372 g/mol. The second-order valence-corrected chi connectivity index (χ2v) is 6.12. The maximum Gasteiger partial charge on any atom is 0.255 e. The smallest absolute Gasteiger partial charge is 0.255 e. The van der Waals surface area contributed by atoms with Crippen molar-refractivity contribution in [3.63, 3.8) is 0 Å². The predicted octanol–water partition coefficient (Wildman–Crippen LogP) is 2.77. The van der Waals surface area contributed by atoms with Gasteiger partial charge in [0.2, 0.25) is 0 Å². The summed E-state index contributed by atoms with van der Waals surface area (Å²) >= 11 is 0. The van der Waals surface area contributed by atoms with E-state index in [4.69, 9.17) is 19.9 Å². The highest BCUT2D eigenvalue weighted by atomic mass is 35.5. The molecule has 25 heavy (non-hydrogen) atoms. The third kappa shape index (κ3) is 5.16. The number of halogens is 1. The predicted molar refractivity (Wildman–Crippen MR) is 100 cm³/mol. The Labute approximate surface area is 155 Å². The Morgan fingerprint density at radius 1 is 1.08 bits per heavy atom. The molecule has 0 saturated heterocycles. The number of nitrogens with two attached hydrogens (primary N) is 1. The van der Waals surface area contributed by atoms with E-state index in [0.29, 0.717) is 35.3 Å². The second kappa shape index (κ2) is 10.4. The van der Waals surface area contributed by atoms with Crippen molar-refractivity contribution in [3.05, 3.63) is 17.7 Å². The Balaban J connectivity index is 0.00000312. The highest BCUT2D eigenvalue weighted by Gasteiger charge is 2.26. The zero-order valence-electron chi connectivity index (χ0n) is 15.2. The average Bonchev–Trinajstić information content (AvgIpc) is 2.65. The zero-order chi connectivity index (χ0) is 17.5. The van der Waals surface area contributed by atoms with Gasteiger partial charge < -0.3 is 25.3 Å². The largest absolute Gasteiger partial charge is 0.496 e. The van der Waals surface area contributed by atoms with Crippen LogP contribution in [0.15, 0.2) is 12.1 Å². The van der Waals surface area contributed by atoms with Gasteiger partial charge in [-0.25, -0.2) is 0 Å². The standard InChI is InChI=1S/C18H28N2O4.ClH/c1-22-15-10-17(24-3)16(23-2)9-13(15)18(21)20-14(11-19)12-7-5-4-6-8-12;/h9-10,12,14H,4-8,11,19H2,1-3H3,(H,20,21);1H. The van der Waals surface area contributed by atoms with Crippen LogP contribution in [0.4, 0.5) is 0 Å². The number of methoxy groups -OCH3 is 3. The lowest BCUT2D eigenvalue weighted by Crippen LogP contribution is -2.46. The van der Waals surface area contributed by atoms with Crippen LogP contribution >= 0.6 is 12.4 Å². The first-order valence-corrected chi connectivity index (χ1v) is 8.45. The molecule has 6 nitrogen and oxygen atoms in total. The third-order valence-corrected chi connectivity index (χ3v) is 4.74. The van der Waals surface area contributed by atoms with Crippen LogP contribution in [-0.2, 0) is 0 Å². The van der Waals surface area contributed by atoms with Crippen molar-refractivity contribution in [1.29, 1.82) is 0 Å². The van der Waals surface area contributed by atoms with Gasteiger partial charge in [0.1, 0.15) is 5.75 Å². The molecule has 3 N–H and O–H groups in total. The summed E-state index contributed by atoms with van der Waals surface area (Å²) in [6, 6.07) is 3.28. The molecule has 1 fully saturated rings. The van der Waals surface area contributed by atoms with Crippen molar-refractivity contribution in [1.82, 2.24) is 5.32 Å². The van der Waals surface area contributed by atoms with Crippen LogP contribution in [0.1, 0.15) is 42.5 Å². The lowest BCUT2D eigenvalue weighted by Gasteiger charge is -2.30. The molecule has 1 aliphatic rings. The summed E-state index contributed by atoms with van der Waals surface area (Å²) in [6.45, 7) is 0.437. The lowest BCUT2D eigenvalue weighted by molar-refractivity contribution is 0.0912. The molecular weight excluding hydrogens is 344 g/mol. The summed E-state index contributed by atoms with van der Waals surface area (Å²) in [4.78, 5) is 12.8. The Hall–Kier alpha value is -1.66. The second-order valence-electron chi connectivity index (χ2n) is 6.12. The molecule has 1 aliphatic carbocycles. The van der Waals surface area contributed by atoms with Crippen molar-refractivity contribution in [2.24, 2.45) is 11.7 Å². The fraction of sp³-hybridized carbons (Fsp3) is 0.611. The number of hydrogen-bond acceptors (Lipinski definition) is 5. The molecule has 1 amide bonds. The van der Waals surface area contributed by atoms with Crippen molar-refractivity contribution in [3.8, 4) is 17.2 Å². The number of amides is 1. The van der Waals surface area contributed by atoms with Gasteiger partial charge in [-0.2, -0.15) is 0 Å². The van der Waals surface area contributed by atoms with Crippen molar-refractivity contribution >= 4 is 18.3 Å². The van der Waals surface area contributed by atoms with E-state index in [-0.39, 0.29) is 24.4 Å². The molecule has 1 atom stereocenters. The van der Waals surface area contributed by atoms with Crippen LogP contribution in [0.3, 0.4) is 0 Å². The Morgan fingerprint density at radius 2 is 1.64 bits per heavy atom. The number of nitrogens with one attached hydrogen (secondary N) is 1. The van der Waals surface area contributed by atoms with Crippen molar-refractivity contribution in [2.45, 2.75) is 38.1 Å². The molecule has 142 valence electrons. The summed E-state index contributed by atoms with van der Waals surface area (Å²) in [5.41, 5.74) is 6.33. The maximum atomic E-state index is 12.8. The molecule has 7 heteroatoms. The summed E-state index contributed by atoms with van der Waals surface area (Å²) in [7, 11) is 4.61. The van der Waals surface area contributed by atoms with E-state index < -0.39 is 0 Å². The normalized spacial score (nSPS) is 15.7. The molecule has 0 radical (unpaired) electrons. The summed E-state index contributed by atoms with van der Waals surface area (Å²) in [5, 5.41) is 3.08. The van der Waals surface area contributed by atoms with E-state index in [1.807, 2.05) is 0 Å². The van der Waals surface area contributed by atoms with Gasteiger partial charge >= 0.3 is 0 Å². The topological polar surface area (TPSA) is 82.8 Å².